The molecule has 3 atom stereocenters. The molecule has 0 aliphatic carbocycles. The fraction of sp³-hybridized carbons (Fsp3) is 0.364. The lowest BCUT2D eigenvalue weighted by Crippen LogP contribution is -2.71. The number of β-lactam (4-membered cyclic amide) rings is 1. The van der Waals surface area contributed by atoms with Crippen LogP contribution in [0.2, 0.25) is 0 Å². The number of thioether (sulfide) groups is 3. The van der Waals surface area contributed by atoms with Crippen molar-refractivity contribution in [3.05, 3.63) is 40.5 Å². The second kappa shape index (κ2) is 13.0. The zero-order valence-electron chi connectivity index (χ0n) is 20.9. The van der Waals surface area contributed by atoms with Crippen LogP contribution in [-0.2, 0) is 24.9 Å². The Kier molecular flexibility index (Phi) is 9.67. The van der Waals surface area contributed by atoms with Crippen molar-refractivity contribution < 1.29 is 24.3 Å². The van der Waals surface area contributed by atoms with Crippen molar-refractivity contribution >= 4 is 81.4 Å². The molecule has 2 aromatic heterocycles. The first kappa shape index (κ1) is 29.8. The summed E-state index contributed by atoms with van der Waals surface area (Å²) in [5.74, 6) is -1.61. The van der Waals surface area contributed by atoms with E-state index in [0.717, 1.165) is 22.1 Å². The molecule has 14 nitrogen and oxygen atoms in total. The fourth-order valence-electron chi connectivity index (χ4n) is 3.65. The van der Waals surface area contributed by atoms with Crippen LogP contribution in [0.5, 0.6) is 0 Å². The number of fused-ring (bicyclic) bond motifs is 1. The number of pyridine rings is 1. The summed E-state index contributed by atoms with van der Waals surface area (Å²) in [7, 11) is 0. The van der Waals surface area contributed by atoms with Gasteiger partial charge in [-0.1, -0.05) is 11.8 Å². The van der Waals surface area contributed by atoms with E-state index < -0.39 is 41.0 Å². The number of anilines is 1. The molecule has 0 unspecified atom stereocenters. The lowest BCUT2D eigenvalue weighted by molar-refractivity contribution is -0.150. The number of hydrogen-bond acceptors (Lipinski definition) is 14. The molecule has 4 rings (SSSR count). The number of carbonyl (C=O) groups excluding carboxylic acids is 3. The number of aliphatic carboxylic acids is 1. The van der Waals surface area contributed by atoms with Gasteiger partial charge in [0.1, 0.15) is 17.1 Å². The molecular weight excluding hydrogens is 599 g/mol. The topological polar surface area (TPSA) is 230 Å². The third-order valence-electron chi connectivity index (χ3n) is 5.59. The first-order valence-corrected chi connectivity index (χ1v) is 15.5. The minimum absolute atomic E-state index is 0.101. The third kappa shape index (κ3) is 6.57. The van der Waals surface area contributed by atoms with Crippen molar-refractivity contribution in [1.82, 2.24) is 29.9 Å². The van der Waals surface area contributed by atoms with Crippen LogP contribution >= 0.6 is 46.8 Å². The van der Waals surface area contributed by atoms with Crippen LogP contribution in [0.3, 0.4) is 0 Å². The SMILES string of the molecule is C[C@H](N)C(=O)NCCSCc1ncccc1SC1=C(C(=O)O)N2C(=O)[C@@H](NC(=O)C(=N)c3nsc(N)n3)[C@H]2SC1. The van der Waals surface area contributed by atoms with Crippen LogP contribution in [0.4, 0.5) is 5.13 Å². The van der Waals surface area contributed by atoms with Crippen molar-refractivity contribution in [2.45, 2.75) is 35.0 Å². The second-order valence-corrected chi connectivity index (χ2v) is 12.6. The molecule has 40 heavy (non-hydrogen) atoms. The van der Waals surface area contributed by atoms with Crippen LogP contribution in [-0.4, -0.2) is 89.3 Å². The Morgan fingerprint density at radius 3 is 2.83 bits per heavy atom. The van der Waals surface area contributed by atoms with Gasteiger partial charge in [0.2, 0.25) is 5.91 Å². The quantitative estimate of drug-likeness (QED) is 0.105. The minimum Gasteiger partial charge on any atom is -0.477 e. The summed E-state index contributed by atoms with van der Waals surface area (Å²) < 4.78 is 3.83. The van der Waals surface area contributed by atoms with Gasteiger partial charge in [0, 0.05) is 51.3 Å². The van der Waals surface area contributed by atoms with Crippen LogP contribution in [0.25, 0.3) is 0 Å². The van der Waals surface area contributed by atoms with E-state index in [1.807, 2.05) is 6.07 Å². The Bertz CT molecular complexity index is 1380. The molecule has 2 aromatic rings. The summed E-state index contributed by atoms with van der Waals surface area (Å²) in [4.78, 5) is 60.0. The van der Waals surface area contributed by atoms with Crippen LogP contribution in [0, 0.1) is 5.41 Å². The molecule has 1 fully saturated rings. The van der Waals surface area contributed by atoms with E-state index in [1.54, 1.807) is 30.9 Å². The normalized spacial score (nSPS) is 18.9. The van der Waals surface area contributed by atoms with Crippen LogP contribution in [0.1, 0.15) is 18.4 Å². The molecule has 4 heterocycles. The van der Waals surface area contributed by atoms with Crippen molar-refractivity contribution in [3.63, 3.8) is 0 Å². The summed E-state index contributed by atoms with van der Waals surface area (Å²) in [6, 6.07) is 2.01. The lowest BCUT2D eigenvalue weighted by atomic mass is 10.0. The van der Waals surface area contributed by atoms with E-state index >= 15 is 0 Å². The highest BCUT2D eigenvalue weighted by molar-refractivity contribution is 8.06. The summed E-state index contributed by atoms with van der Waals surface area (Å²) in [6.45, 7) is 2.07. The molecule has 8 N–H and O–H groups in total. The molecule has 0 aromatic carbocycles. The van der Waals surface area contributed by atoms with E-state index in [9.17, 15) is 24.3 Å². The number of nitrogens with two attached hydrogens (primary N) is 2. The Balaban J connectivity index is 1.41. The molecule has 2 aliphatic rings. The van der Waals surface area contributed by atoms with Gasteiger partial charge < -0.3 is 27.2 Å². The lowest BCUT2D eigenvalue weighted by Gasteiger charge is -2.49. The summed E-state index contributed by atoms with van der Waals surface area (Å²) in [5.41, 5.74) is 11.1. The van der Waals surface area contributed by atoms with E-state index in [0.29, 0.717) is 28.7 Å². The number of carboxylic acids is 1. The number of nitrogens with zero attached hydrogens (tertiary/aromatic N) is 4. The molecule has 3 amide bonds. The van der Waals surface area contributed by atoms with Gasteiger partial charge in [-0.15, -0.1) is 11.8 Å². The van der Waals surface area contributed by atoms with Gasteiger partial charge >= 0.3 is 5.97 Å². The maximum absolute atomic E-state index is 13.0. The summed E-state index contributed by atoms with van der Waals surface area (Å²) in [6.07, 6.45) is 1.65. The highest BCUT2D eigenvalue weighted by Gasteiger charge is 2.54. The van der Waals surface area contributed by atoms with Gasteiger partial charge in [-0.3, -0.25) is 29.7 Å². The van der Waals surface area contributed by atoms with E-state index in [1.165, 1.54) is 28.4 Å². The van der Waals surface area contributed by atoms with Gasteiger partial charge in [0.05, 0.1) is 11.7 Å². The number of aromatic nitrogens is 3. The third-order valence-corrected chi connectivity index (χ3v) is 9.75. The number of nitrogens with one attached hydrogen (secondary N) is 3. The Morgan fingerprint density at radius 2 is 2.15 bits per heavy atom. The Hall–Kier alpha value is -3.19. The van der Waals surface area contributed by atoms with E-state index in [-0.39, 0.29) is 22.6 Å². The van der Waals surface area contributed by atoms with E-state index in [4.69, 9.17) is 16.9 Å². The summed E-state index contributed by atoms with van der Waals surface area (Å²) >= 11 is 4.95. The Labute approximate surface area is 245 Å². The number of nitrogen functional groups attached to an aromatic ring is 1. The van der Waals surface area contributed by atoms with Crippen molar-refractivity contribution in [1.29, 1.82) is 5.41 Å². The maximum Gasteiger partial charge on any atom is 0.353 e. The van der Waals surface area contributed by atoms with Crippen molar-refractivity contribution in [3.8, 4) is 0 Å². The highest BCUT2D eigenvalue weighted by atomic mass is 32.2. The van der Waals surface area contributed by atoms with Gasteiger partial charge in [0.15, 0.2) is 16.7 Å². The van der Waals surface area contributed by atoms with Crippen LogP contribution in [0.15, 0.2) is 33.8 Å². The monoisotopic (exact) mass is 623 g/mol. The first-order chi connectivity index (χ1) is 19.1. The van der Waals surface area contributed by atoms with Gasteiger partial charge in [-0.25, -0.2) is 4.79 Å². The second-order valence-electron chi connectivity index (χ2n) is 8.45. The molecular formula is C22H25N9O5S4. The highest BCUT2D eigenvalue weighted by Crippen LogP contribution is 2.45. The van der Waals surface area contributed by atoms with Gasteiger partial charge in [0.25, 0.3) is 11.8 Å². The predicted octanol–water partition coefficient (Wildman–Crippen LogP) is 0.0682. The average molecular weight is 624 g/mol. The molecule has 0 radical (unpaired) electrons. The molecule has 0 saturated carbocycles. The predicted molar refractivity (Wildman–Crippen MR) is 154 cm³/mol. The smallest absolute Gasteiger partial charge is 0.353 e. The average Bonchev–Trinajstić information content (AvgIpc) is 3.37. The maximum atomic E-state index is 13.0. The molecule has 2 aliphatic heterocycles. The number of hydrogen-bond donors (Lipinski definition) is 6. The molecule has 1 saturated heterocycles. The first-order valence-electron chi connectivity index (χ1n) is 11.7. The molecule has 0 bridgehead atoms. The fourth-order valence-corrected chi connectivity index (χ4v) is 7.57. The van der Waals surface area contributed by atoms with Gasteiger partial charge in [-0.2, -0.15) is 21.1 Å². The molecule has 212 valence electrons. The van der Waals surface area contributed by atoms with Crippen molar-refractivity contribution in [2.24, 2.45) is 5.73 Å². The number of carbonyl (C=O) groups is 4. The van der Waals surface area contributed by atoms with E-state index in [2.05, 4.69) is 25.0 Å². The summed E-state index contributed by atoms with van der Waals surface area (Å²) in [5, 5.41) is 22.7. The Morgan fingerprint density at radius 1 is 1.38 bits per heavy atom. The van der Waals surface area contributed by atoms with Gasteiger partial charge in [-0.05, 0) is 19.1 Å². The largest absolute Gasteiger partial charge is 0.477 e. The van der Waals surface area contributed by atoms with Crippen LogP contribution < -0.4 is 22.1 Å². The molecule has 18 heteroatoms. The van der Waals surface area contributed by atoms with Crippen molar-refractivity contribution in [2.75, 3.05) is 23.8 Å². The number of amides is 3. The molecule has 0 spiro atoms. The zero-order valence-corrected chi connectivity index (χ0v) is 24.2. The number of carboxylic acid groups (broad SMARTS) is 1. The number of rotatable bonds is 12. The standard InChI is InChI=1S/C22H25N9O5S4/c1-9(23)17(32)27-5-6-37-7-10-11(3-2-4-26-10)39-12-8-38-20-14(19(34)31(20)15(12)21(35)36)28-18(33)13(24)16-29-22(25)40-30-16/h2-4,9,14,20,24H,5-8,23H2,1H3,(H,27,32)(H,28,33)(H,35,36)(H2,25,29,30)/t9-,14+,20+/m0/s1. The zero-order chi connectivity index (χ0) is 29.0. The minimum atomic E-state index is -1.26.